The number of aromatic nitrogens is 2. The third kappa shape index (κ3) is 3.73. The summed E-state index contributed by atoms with van der Waals surface area (Å²) in [6, 6.07) is 8.28. The molecule has 0 fully saturated rings. The minimum Gasteiger partial charge on any atom is -0.316 e. The highest BCUT2D eigenvalue weighted by Gasteiger charge is 2.08. The monoisotopic (exact) mass is 373 g/mol. The van der Waals surface area contributed by atoms with Crippen LogP contribution in [0, 0.1) is 3.57 Å². The van der Waals surface area contributed by atoms with Crippen LogP contribution in [-0.2, 0) is 6.42 Å². The van der Waals surface area contributed by atoms with Crippen molar-refractivity contribution in [2.24, 2.45) is 0 Å². The maximum Gasteiger partial charge on any atom is 0.148 e. The highest BCUT2D eigenvalue weighted by molar-refractivity contribution is 14.1. The molecule has 0 aliphatic carbocycles. The summed E-state index contributed by atoms with van der Waals surface area (Å²) in [5.41, 5.74) is 1.18. The summed E-state index contributed by atoms with van der Waals surface area (Å²) in [7, 11) is 0. The Morgan fingerprint density at radius 3 is 2.83 bits per heavy atom. The maximum atomic E-state index is 4.28. The molecule has 0 radical (unpaired) electrons. The smallest absolute Gasteiger partial charge is 0.148 e. The van der Waals surface area contributed by atoms with Crippen molar-refractivity contribution in [3.05, 3.63) is 32.8 Å². The zero-order chi connectivity index (χ0) is 12.8. The summed E-state index contributed by atoms with van der Waals surface area (Å²) < 4.78 is 1.22. The molecule has 2 aromatic rings. The first-order valence-corrected chi connectivity index (χ1v) is 7.98. The topological polar surface area (TPSA) is 37.8 Å². The van der Waals surface area contributed by atoms with Gasteiger partial charge in [-0.3, -0.25) is 0 Å². The van der Waals surface area contributed by atoms with Crippen LogP contribution in [0.25, 0.3) is 10.6 Å². The first kappa shape index (κ1) is 13.9. The molecule has 0 amide bonds. The average Bonchev–Trinajstić information content (AvgIpc) is 2.84. The molecule has 0 aliphatic heterocycles. The van der Waals surface area contributed by atoms with Crippen molar-refractivity contribution in [1.82, 2.24) is 15.5 Å². The fourth-order valence-electron chi connectivity index (χ4n) is 1.60. The van der Waals surface area contributed by atoms with Gasteiger partial charge in [-0.2, -0.15) is 0 Å². The normalized spacial score (nSPS) is 10.8. The van der Waals surface area contributed by atoms with Gasteiger partial charge in [-0.1, -0.05) is 36.5 Å². The second kappa shape index (κ2) is 7.16. The Balaban J connectivity index is 2.00. The van der Waals surface area contributed by atoms with Crippen molar-refractivity contribution in [3.8, 4) is 10.6 Å². The predicted octanol–water partition coefficient (Wildman–Crippen LogP) is 3.35. The van der Waals surface area contributed by atoms with E-state index in [-0.39, 0.29) is 0 Å². The summed E-state index contributed by atoms with van der Waals surface area (Å²) in [5.74, 6) is 0. The Bertz CT molecular complexity index is 498. The Kier molecular flexibility index (Phi) is 5.52. The highest BCUT2D eigenvalue weighted by atomic mass is 127. The van der Waals surface area contributed by atoms with Crippen molar-refractivity contribution in [3.63, 3.8) is 0 Å². The standard InChI is InChI=1S/C13H16IN3S/c1-2-8-15-9-7-12-16-17-13(18-12)10-5-3-4-6-11(10)14/h3-6,15H,2,7-9H2,1H3. The number of rotatable bonds is 6. The summed E-state index contributed by atoms with van der Waals surface area (Å²) in [6.07, 6.45) is 2.13. The number of benzene rings is 1. The molecular weight excluding hydrogens is 357 g/mol. The second-order valence-corrected chi connectivity index (χ2v) is 6.21. The van der Waals surface area contributed by atoms with Gasteiger partial charge in [-0.15, -0.1) is 10.2 Å². The SMILES string of the molecule is CCCNCCc1nnc(-c2ccccc2I)s1. The zero-order valence-corrected chi connectivity index (χ0v) is 13.3. The molecule has 0 saturated heterocycles. The molecule has 0 bridgehead atoms. The van der Waals surface area contributed by atoms with E-state index < -0.39 is 0 Å². The zero-order valence-electron chi connectivity index (χ0n) is 10.3. The van der Waals surface area contributed by atoms with E-state index in [0.717, 1.165) is 29.5 Å². The van der Waals surface area contributed by atoms with Crippen molar-refractivity contribution < 1.29 is 0 Å². The van der Waals surface area contributed by atoms with Gasteiger partial charge in [0.25, 0.3) is 0 Å². The Labute approximate surface area is 125 Å². The van der Waals surface area contributed by atoms with Gasteiger partial charge in [0.1, 0.15) is 10.0 Å². The third-order valence-corrected chi connectivity index (χ3v) is 4.47. The van der Waals surface area contributed by atoms with Gasteiger partial charge < -0.3 is 5.32 Å². The summed E-state index contributed by atoms with van der Waals surface area (Å²) in [6.45, 7) is 4.23. The van der Waals surface area contributed by atoms with Gasteiger partial charge in [0.15, 0.2) is 0 Å². The highest BCUT2D eigenvalue weighted by Crippen LogP contribution is 2.27. The first-order chi connectivity index (χ1) is 8.81. The number of halogens is 1. The van der Waals surface area contributed by atoms with E-state index in [1.54, 1.807) is 11.3 Å². The molecular formula is C13H16IN3S. The van der Waals surface area contributed by atoms with Crippen LogP contribution in [0.5, 0.6) is 0 Å². The number of hydrogen-bond acceptors (Lipinski definition) is 4. The van der Waals surface area contributed by atoms with Crippen LogP contribution in [0.3, 0.4) is 0 Å². The molecule has 0 unspecified atom stereocenters. The summed E-state index contributed by atoms with van der Waals surface area (Å²) >= 11 is 4.03. The van der Waals surface area contributed by atoms with E-state index in [1.807, 2.05) is 12.1 Å². The van der Waals surface area contributed by atoms with Crippen molar-refractivity contribution >= 4 is 33.9 Å². The molecule has 0 spiro atoms. The van der Waals surface area contributed by atoms with Gasteiger partial charge in [0.2, 0.25) is 0 Å². The molecule has 3 nitrogen and oxygen atoms in total. The lowest BCUT2D eigenvalue weighted by atomic mass is 10.2. The maximum absolute atomic E-state index is 4.28. The van der Waals surface area contributed by atoms with Gasteiger partial charge in [0.05, 0.1) is 0 Å². The van der Waals surface area contributed by atoms with Crippen LogP contribution >= 0.6 is 33.9 Å². The lowest BCUT2D eigenvalue weighted by molar-refractivity contribution is 0.668. The first-order valence-electron chi connectivity index (χ1n) is 6.09. The molecule has 1 heterocycles. The molecule has 0 atom stereocenters. The fourth-order valence-corrected chi connectivity index (χ4v) is 3.30. The lowest BCUT2D eigenvalue weighted by Crippen LogP contribution is -2.17. The number of hydrogen-bond donors (Lipinski definition) is 1. The minimum absolute atomic E-state index is 0.959. The molecule has 1 aromatic heterocycles. The average molecular weight is 373 g/mol. The van der Waals surface area contributed by atoms with E-state index in [4.69, 9.17) is 0 Å². The predicted molar refractivity (Wildman–Crippen MR) is 84.9 cm³/mol. The van der Waals surface area contributed by atoms with E-state index in [2.05, 4.69) is 57.2 Å². The van der Waals surface area contributed by atoms with Gasteiger partial charge >= 0.3 is 0 Å². The Hall–Kier alpha value is -0.530. The van der Waals surface area contributed by atoms with Crippen LogP contribution in [0.1, 0.15) is 18.4 Å². The van der Waals surface area contributed by atoms with Crippen LogP contribution < -0.4 is 5.32 Å². The van der Waals surface area contributed by atoms with Gasteiger partial charge in [0, 0.05) is 22.1 Å². The van der Waals surface area contributed by atoms with E-state index in [9.17, 15) is 0 Å². The summed E-state index contributed by atoms with van der Waals surface area (Å²) in [4.78, 5) is 0. The van der Waals surface area contributed by atoms with Crippen LogP contribution in [0.4, 0.5) is 0 Å². The van der Waals surface area contributed by atoms with Gasteiger partial charge in [-0.25, -0.2) is 0 Å². The Morgan fingerprint density at radius 1 is 1.22 bits per heavy atom. The minimum atomic E-state index is 0.959. The molecule has 2 rings (SSSR count). The van der Waals surface area contributed by atoms with Crippen LogP contribution in [0.15, 0.2) is 24.3 Å². The van der Waals surface area contributed by atoms with E-state index in [0.29, 0.717) is 0 Å². The largest absolute Gasteiger partial charge is 0.316 e. The second-order valence-electron chi connectivity index (χ2n) is 3.98. The molecule has 18 heavy (non-hydrogen) atoms. The molecule has 0 aliphatic rings. The summed E-state index contributed by atoms with van der Waals surface area (Å²) in [5, 5.41) is 14.0. The quantitative estimate of drug-likeness (QED) is 0.624. The van der Waals surface area contributed by atoms with Gasteiger partial charge in [-0.05, 0) is 41.6 Å². The van der Waals surface area contributed by atoms with Crippen molar-refractivity contribution in [2.45, 2.75) is 19.8 Å². The van der Waals surface area contributed by atoms with Crippen molar-refractivity contribution in [2.75, 3.05) is 13.1 Å². The van der Waals surface area contributed by atoms with E-state index >= 15 is 0 Å². The number of nitrogens with one attached hydrogen (secondary N) is 1. The third-order valence-electron chi connectivity index (χ3n) is 2.51. The lowest BCUT2D eigenvalue weighted by Gasteiger charge is -1.99. The van der Waals surface area contributed by atoms with Crippen molar-refractivity contribution in [1.29, 1.82) is 0 Å². The van der Waals surface area contributed by atoms with E-state index in [1.165, 1.54) is 15.6 Å². The fraction of sp³-hybridized carbons (Fsp3) is 0.385. The molecule has 1 N–H and O–H groups in total. The number of nitrogens with zero attached hydrogens (tertiary/aromatic N) is 2. The van der Waals surface area contributed by atoms with Crippen LogP contribution in [0.2, 0.25) is 0 Å². The Morgan fingerprint density at radius 2 is 2.06 bits per heavy atom. The molecule has 1 aromatic carbocycles. The molecule has 0 saturated carbocycles. The van der Waals surface area contributed by atoms with Crippen LogP contribution in [-0.4, -0.2) is 23.3 Å². The molecule has 96 valence electrons. The molecule has 5 heteroatoms.